The third-order valence-corrected chi connectivity index (χ3v) is 3.54. The topological polar surface area (TPSA) is 23.5 Å². The van der Waals surface area contributed by atoms with Gasteiger partial charge in [0.05, 0.1) is 6.61 Å². The van der Waals surface area contributed by atoms with Gasteiger partial charge in [0.2, 0.25) is 0 Å². The monoisotopic (exact) mass is 221 g/mol. The van der Waals surface area contributed by atoms with Crippen LogP contribution in [0.25, 0.3) is 0 Å². The zero-order valence-electron chi connectivity index (χ0n) is 11.0. The number of anilines is 1. The molecule has 0 fully saturated rings. The lowest BCUT2D eigenvalue weighted by molar-refractivity contribution is 0.281. The number of rotatable bonds is 4. The minimum atomic E-state index is 0.0984. The number of benzene rings is 1. The molecule has 90 valence electrons. The van der Waals surface area contributed by atoms with Crippen molar-refractivity contribution in [1.29, 1.82) is 0 Å². The van der Waals surface area contributed by atoms with Crippen molar-refractivity contribution >= 4 is 5.69 Å². The molecule has 0 saturated heterocycles. The average Bonchev–Trinajstić information content (AvgIpc) is 2.27. The number of aliphatic hydroxyl groups is 1. The fourth-order valence-electron chi connectivity index (χ4n) is 1.73. The van der Waals surface area contributed by atoms with Gasteiger partial charge in [0, 0.05) is 23.8 Å². The van der Waals surface area contributed by atoms with E-state index in [1.807, 2.05) is 6.92 Å². The van der Waals surface area contributed by atoms with Gasteiger partial charge in [0.1, 0.15) is 0 Å². The number of nitrogens with zero attached hydrogens (tertiary/aromatic N) is 1. The number of aryl methyl sites for hydroxylation is 1. The molecule has 0 spiro atoms. The van der Waals surface area contributed by atoms with Crippen molar-refractivity contribution in [1.82, 2.24) is 0 Å². The molecule has 0 amide bonds. The molecule has 0 heterocycles. The van der Waals surface area contributed by atoms with E-state index in [1.165, 1.54) is 5.56 Å². The Hall–Kier alpha value is -1.02. The van der Waals surface area contributed by atoms with Crippen LogP contribution in [0.1, 0.15) is 38.3 Å². The van der Waals surface area contributed by atoms with Gasteiger partial charge in [-0.2, -0.15) is 0 Å². The normalized spacial score (nSPS) is 11.6. The summed E-state index contributed by atoms with van der Waals surface area (Å²) in [6.45, 7) is 8.76. The Kier molecular flexibility index (Phi) is 3.98. The lowest BCUT2D eigenvalue weighted by Crippen LogP contribution is -2.41. The first kappa shape index (κ1) is 13.0. The Morgan fingerprint density at radius 2 is 1.94 bits per heavy atom. The summed E-state index contributed by atoms with van der Waals surface area (Å²) in [5.41, 5.74) is 3.43. The molecular formula is C14H23NO. The van der Waals surface area contributed by atoms with Gasteiger partial charge in [0.25, 0.3) is 0 Å². The van der Waals surface area contributed by atoms with Crippen LogP contribution in [0.15, 0.2) is 18.2 Å². The molecule has 0 aliphatic carbocycles. The van der Waals surface area contributed by atoms with Gasteiger partial charge in [-0.3, -0.25) is 0 Å². The van der Waals surface area contributed by atoms with Crippen molar-refractivity contribution in [3.63, 3.8) is 0 Å². The predicted molar refractivity (Wildman–Crippen MR) is 69.9 cm³/mol. The molecule has 0 aliphatic heterocycles. The van der Waals surface area contributed by atoms with Crippen LogP contribution < -0.4 is 4.90 Å². The van der Waals surface area contributed by atoms with Gasteiger partial charge in [-0.25, -0.2) is 0 Å². The second-order valence-corrected chi connectivity index (χ2v) is 5.02. The van der Waals surface area contributed by atoms with Crippen molar-refractivity contribution < 1.29 is 5.11 Å². The second kappa shape index (κ2) is 4.88. The molecule has 0 aliphatic rings. The molecule has 2 nitrogen and oxygen atoms in total. The first-order chi connectivity index (χ1) is 7.42. The largest absolute Gasteiger partial charge is 0.392 e. The predicted octanol–water partition coefficient (Wildman–Crippen LogP) is 3.11. The summed E-state index contributed by atoms with van der Waals surface area (Å²) in [7, 11) is 2.09. The molecule has 2 heteroatoms. The SMILES string of the molecule is CCC(C)(C)N(C)c1ccc(C)cc1CO. The Balaban J connectivity index is 3.13. The van der Waals surface area contributed by atoms with E-state index in [1.54, 1.807) is 0 Å². The van der Waals surface area contributed by atoms with Crippen molar-refractivity contribution in [2.24, 2.45) is 0 Å². The smallest absolute Gasteiger partial charge is 0.0702 e. The van der Waals surface area contributed by atoms with Gasteiger partial charge in [-0.05, 0) is 33.3 Å². The molecule has 1 N–H and O–H groups in total. The fourth-order valence-corrected chi connectivity index (χ4v) is 1.73. The highest BCUT2D eigenvalue weighted by atomic mass is 16.3. The van der Waals surface area contributed by atoms with E-state index in [2.05, 4.69) is 50.9 Å². The highest BCUT2D eigenvalue weighted by Gasteiger charge is 2.22. The number of hydrogen-bond acceptors (Lipinski definition) is 2. The molecule has 1 rings (SSSR count). The second-order valence-electron chi connectivity index (χ2n) is 5.02. The van der Waals surface area contributed by atoms with Crippen LogP contribution in [-0.4, -0.2) is 17.7 Å². The van der Waals surface area contributed by atoms with Crippen LogP contribution >= 0.6 is 0 Å². The minimum Gasteiger partial charge on any atom is -0.392 e. The lowest BCUT2D eigenvalue weighted by Gasteiger charge is -2.38. The summed E-state index contributed by atoms with van der Waals surface area (Å²) in [6, 6.07) is 6.24. The average molecular weight is 221 g/mol. The molecule has 0 bridgehead atoms. The zero-order chi connectivity index (χ0) is 12.3. The fraction of sp³-hybridized carbons (Fsp3) is 0.571. The van der Waals surface area contributed by atoms with Gasteiger partial charge in [-0.15, -0.1) is 0 Å². The van der Waals surface area contributed by atoms with Crippen molar-refractivity contribution in [3.05, 3.63) is 29.3 Å². The summed E-state index contributed by atoms with van der Waals surface area (Å²) in [5.74, 6) is 0. The van der Waals surface area contributed by atoms with E-state index < -0.39 is 0 Å². The van der Waals surface area contributed by atoms with E-state index in [4.69, 9.17) is 0 Å². The molecule has 0 radical (unpaired) electrons. The summed E-state index contributed by atoms with van der Waals surface area (Å²) >= 11 is 0. The van der Waals surface area contributed by atoms with Gasteiger partial charge >= 0.3 is 0 Å². The van der Waals surface area contributed by atoms with E-state index in [-0.39, 0.29) is 12.1 Å². The van der Waals surface area contributed by atoms with Crippen LogP contribution in [0.2, 0.25) is 0 Å². The van der Waals surface area contributed by atoms with Gasteiger partial charge < -0.3 is 10.0 Å². The third-order valence-electron chi connectivity index (χ3n) is 3.54. The number of aliphatic hydroxyl groups excluding tert-OH is 1. The van der Waals surface area contributed by atoms with Gasteiger partial charge in [-0.1, -0.05) is 24.6 Å². The zero-order valence-corrected chi connectivity index (χ0v) is 11.0. The van der Waals surface area contributed by atoms with Crippen LogP contribution in [-0.2, 0) is 6.61 Å². The first-order valence-electron chi connectivity index (χ1n) is 5.86. The third kappa shape index (κ3) is 2.56. The van der Waals surface area contributed by atoms with E-state index >= 15 is 0 Å². The maximum Gasteiger partial charge on any atom is 0.0702 e. The standard InChI is InChI=1S/C14H23NO/c1-6-14(3,4)15(5)13-8-7-11(2)9-12(13)10-16/h7-9,16H,6,10H2,1-5H3. The quantitative estimate of drug-likeness (QED) is 0.844. The Bertz CT molecular complexity index is 358. The maximum absolute atomic E-state index is 9.40. The van der Waals surface area contributed by atoms with Crippen LogP contribution in [0.4, 0.5) is 5.69 Å². The van der Waals surface area contributed by atoms with E-state index in [0.717, 1.165) is 17.7 Å². The molecule has 0 unspecified atom stereocenters. The molecule has 0 aromatic heterocycles. The highest BCUT2D eigenvalue weighted by molar-refractivity contribution is 5.55. The molecular weight excluding hydrogens is 198 g/mol. The minimum absolute atomic E-state index is 0.0984. The van der Waals surface area contributed by atoms with Crippen molar-refractivity contribution in [2.45, 2.75) is 46.3 Å². The molecule has 1 aromatic rings. The summed E-state index contributed by atoms with van der Waals surface area (Å²) in [6.07, 6.45) is 1.07. The van der Waals surface area contributed by atoms with Crippen LogP contribution in [0.3, 0.4) is 0 Å². The molecule has 16 heavy (non-hydrogen) atoms. The van der Waals surface area contributed by atoms with Crippen molar-refractivity contribution in [3.8, 4) is 0 Å². The van der Waals surface area contributed by atoms with E-state index in [0.29, 0.717) is 0 Å². The van der Waals surface area contributed by atoms with Gasteiger partial charge in [0.15, 0.2) is 0 Å². The Morgan fingerprint density at radius 3 is 2.44 bits per heavy atom. The molecule has 0 saturated carbocycles. The van der Waals surface area contributed by atoms with E-state index in [9.17, 15) is 5.11 Å². The highest BCUT2D eigenvalue weighted by Crippen LogP contribution is 2.28. The Labute approximate surface area is 98.9 Å². The Morgan fingerprint density at radius 1 is 1.31 bits per heavy atom. The van der Waals surface area contributed by atoms with Crippen molar-refractivity contribution in [2.75, 3.05) is 11.9 Å². The number of hydrogen-bond donors (Lipinski definition) is 1. The molecule has 0 atom stereocenters. The summed E-state index contributed by atoms with van der Waals surface area (Å²) in [4.78, 5) is 2.25. The first-order valence-corrected chi connectivity index (χ1v) is 5.86. The summed E-state index contributed by atoms with van der Waals surface area (Å²) in [5, 5.41) is 9.40. The molecule has 1 aromatic carbocycles. The maximum atomic E-state index is 9.40. The summed E-state index contributed by atoms with van der Waals surface area (Å²) < 4.78 is 0. The van der Waals surface area contributed by atoms with Crippen LogP contribution in [0, 0.1) is 6.92 Å². The van der Waals surface area contributed by atoms with Crippen LogP contribution in [0.5, 0.6) is 0 Å². The lowest BCUT2D eigenvalue weighted by atomic mass is 9.97.